The van der Waals surface area contributed by atoms with E-state index in [2.05, 4.69) is 183 Å². The Labute approximate surface area is 287 Å². The van der Waals surface area contributed by atoms with Crippen LogP contribution in [0, 0.1) is 6.92 Å². The molecule has 0 radical (unpaired) electrons. The SMILES string of the molecule is Cc1cc2ccccc2cc1-c1ccc2c(c1)C1(c3ccccc3-c3ccccc31)c1ccccc1C21c2ccccc2-c2ccccc21. The minimum Gasteiger partial charge on any atom is -0.0619 e. The largest absolute Gasteiger partial charge is 0.0720 e. The molecule has 0 bridgehead atoms. The van der Waals surface area contributed by atoms with Gasteiger partial charge in [-0.3, -0.25) is 0 Å². The molecule has 0 atom stereocenters. The Bertz CT molecular complexity index is 2600. The van der Waals surface area contributed by atoms with Gasteiger partial charge < -0.3 is 0 Å². The van der Waals surface area contributed by atoms with Crippen LogP contribution in [0.4, 0.5) is 0 Å². The van der Waals surface area contributed by atoms with Gasteiger partial charge in [0.1, 0.15) is 0 Å². The van der Waals surface area contributed by atoms with E-state index < -0.39 is 10.8 Å². The Morgan fingerprint density at radius 3 is 1.14 bits per heavy atom. The lowest BCUT2D eigenvalue weighted by Gasteiger charge is -2.49. The van der Waals surface area contributed by atoms with Crippen LogP contribution >= 0.6 is 0 Å². The van der Waals surface area contributed by atoms with Gasteiger partial charge in [0.05, 0.1) is 10.8 Å². The lowest BCUT2D eigenvalue weighted by atomic mass is 9.52. The molecule has 0 amide bonds. The molecule has 0 saturated carbocycles. The van der Waals surface area contributed by atoms with Crippen molar-refractivity contribution in [1.82, 2.24) is 0 Å². The Hall–Kier alpha value is -5.98. The minimum atomic E-state index is -0.475. The number of hydrogen-bond acceptors (Lipinski definition) is 0. The number of fused-ring (bicyclic) bond motifs is 17. The van der Waals surface area contributed by atoms with Crippen molar-refractivity contribution in [3.05, 3.63) is 226 Å². The minimum absolute atomic E-state index is 0.451. The summed E-state index contributed by atoms with van der Waals surface area (Å²) in [5.41, 5.74) is 19.2. The van der Waals surface area contributed by atoms with Crippen LogP contribution < -0.4 is 0 Å². The van der Waals surface area contributed by atoms with E-state index in [4.69, 9.17) is 0 Å². The van der Waals surface area contributed by atoms with Gasteiger partial charge in [0.15, 0.2) is 0 Å². The van der Waals surface area contributed by atoms with Crippen molar-refractivity contribution in [2.45, 2.75) is 17.8 Å². The summed E-state index contributed by atoms with van der Waals surface area (Å²) in [4.78, 5) is 0. The maximum absolute atomic E-state index is 2.56. The second-order valence-corrected chi connectivity index (χ2v) is 14.0. The lowest BCUT2D eigenvalue weighted by Crippen LogP contribution is -2.43. The quantitative estimate of drug-likeness (QED) is 0.171. The molecule has 0 aromatic heterocycles. The van der Waals surface area contributed by atoms with Gasteiger partial charge in [-0.2, -0.15) is 0 Å². The van der Waals surface area contributed by atoms with E-state index in [1.807, 2.05) is 0 Å². The number of aryl methyl sites for hydroxylation is 1. The van der Waals surface area contributed by atoms with Crippen LogP contribution in [0.5, 0.6) is 0 Å². The summed E-state index contributed by atoms with van der Waals surface area (Å²) in [6, 6.07) is 66.8. The summed E-state index contributed by atoms with van der Waals surface area (Å²) < 4.78 is 0. The van der Waals surface area contributed by atoms with Gasteiger partial charge in [0.2, 0.25) is 0 Å². The van der Waals surface area contributed by atoms with Crippen LogP contribution in [0.3, 0.4) is 0 Å². The zero-order valence-corrected chi connectivity index (χ0v) is 27.2. The Balaban J connectivity index is 1.34. The summed E-state index contributed by atoms with van der Waals surface area (Å²) in [7, 11) is 0. The summed E-state index contributed by atoms with van der Waals surface area (Å²) in [5.74, 6) is 0. The molecule has 228 valence electrons. The maximum atomic E-state index is 2.56. The third-order valence-corrected chi connectivity index (χ3v) is 11.9. The van der Waals surface area contributed by atoms with Crippen molar-refractivity contribution in [2.75, 3.05) is 0 Å². The zero-order chi connectivity index (χ0) is 32.3. The first-order valence-electron chi connectivity index (χ1n) is 17.4. The lowest BCUT2D eigenvalue weighted by molar-refractivity contribution is 0.633. The molecule has 2 spiro atoms. The van der Waals surface area contributed by atoms with Crippen LogP contribution in [0.2, 0.25) is 0 Å². The third-order valence-electron chi connectivity index (χ3n) is 11.9. The zero-order valence-electron chi connectivity index (χ0n) is 27.2. The number of hydrogen-bond donors (Lipinski definition) is 0. The van der Waals surface area contributed by atoms with Crippen molar-refractivity contribution < 1.29 is 0 Å². The molecule has 0 heteroatoms. The summed E-state index contributed by atoms with van der Waals surface area (Å²) in [6.45, 7) is 2.26. The number of rotatable bonds is 1. The second kappa shape index (κ2) is 9.56. The van der Waals surface area contributed by atoms with Gasteiger partial charge in [-0.05, 0) is 113 Å². The molecule has 3 aliphatic carbocycles. The molecule has 0 unspecified atom stereocenters. The standard InChI is InChI=1S/C49H32/c1-31-28-32-14-2-3-15-33(32)29-39(31)34-26-27-46-47(30-34)49(42-22-10-6-18-37(42)38-19-7-11-23-43(38)49)45-25-13-12-24-44(45)48(46)40-20-8-4-16-35(40)36-17-5-9-21-41(36)48/h2-30H,1H3. The van der Waals surface area contributed by atoms with E-state index in [0.29, 0.717) is 0 Å². The molecule has 0 heterocycles. The molecule has 11 rings (SSSR count). The van der Waals surface area contributed by atoms with Gasteiger partial charge in [-0.15, -0.1) is 0 Å². The van der Waals surface area contributed by atoms with Crippen molar-refractivity contribution in [1.29, 1.82) is 0 Å². The summed E-state index contributed by atoms with van der Waals surface area (Å²) >= 11 is 0. The highest BCUT2D eigenvalue weighted by atomic mass is 14.6. The molecule has 8 aromatic carbocycles. The van der Waals surface area contributed by atoms with E-state index >= 15 is 0 Å². The normalized spacial score (nSPS) is 15.0. The maximum Gasteiger partial charge on any atom is 0.0720 e. The van der Waals surface area contributed by atoms with Crippen molar-refractivity contribution in [2.24, 2.45) is 0 Å². The van der Waals surface area contributed by atoms with Crippen LogP contribution in [0.1, 0.15) is 50.1 Å². The van der Waals surface area contributed by atoms with Crippen molar-refractivity contribution in [3.63, 3.8) is 0 Å². The second-order valence-electron chi connectivity index (χ2n) is 14.0. The molecule has 0 fully saturated rings. The van der Waals surface area contributed by atoms with E-state index in [1.165, 1.54) is 94.2 Å². The average molecular weight is 621 g/mol. The Kier molecular flexibility index (Phi) is 5.27. The average Bonchev–Trinajstić information content (AvgIpc) is 3.62. The third kappa shape index (κ3) is 3.20. The smallest absolute Gasteiger partial charge is 0.0619 e. The number of benzene rings is 8. The van der Waals surface area contributed by atoms with Crippen LogP contribution in [-0.2, 0) is 10.8 Å². The van der Waals surface area contributed by atoms with Gasteiger partial charge in [0.25, 0.3) is 0 Å². The Morgan fingerprint density at radius 2 is 0.653 bits per heavy atom. The van der Waals surface area contributed by atoms with E-state index in [1.54, 1.807) is 0 Å². The molecule has 8 aromatic rings. The Morgan fingerprint density at radius 1 is 0.286 bits per heavy atom. The fraction of sp³-hybridized carbons (Fsp3) is 0.0612. The fourth-order valence-electron chi connectivity index (χ4n) is 10.1. The predicted molar refractivity (Wildman–Crippen MR) is 202 cm³/mol. The topological polar surface area (TPSA) is 0 Å². The van der Waals surface area contributed by atoms with Crippen LogP contribution in [0.15, 0.2) is 176 Å². The van der Waals surface area contributed by atoms with Gasteiger partial charge in [-0.1, -0.05) is 164 Å². The summed E-state index contributed by atoms with van der Waals surface area (Å²) in [5, 5.41) is 2.55. The van der Waals surface area contributed by atoms with Crippen LogP contribution in [-0.4, -0.2) is 0 Å². The molecule has 0 nitrogen and oxygen atoms in total. The fourth-order valence-corrected chi connectivity index (χ4v) is 10.1. The molecule has 49 heavy (non-hydrogen) atoms. The first-order chi connectivity index (χ1) is 24.2. The van der Waals surface area contributed by atoms with Crippen molar-refractivity contribution in [3.8, 4) is 33.4 Å². The first-order valence-corrected chi connectivity index (χ1v) is 17.4. The van der Waals surface area contributed by atoms with Gasteiger partial charge in [-0.25, -0.2) is 0 Å². The van der Waals surface area contributed by atoms with E-state index in [-0.39, 0.29) is 0 Å². The van der Waals surface area contributed by atoms with E-state index in [9.17, 15) is 0 Å². The highest BCUT2D eigenvalue weighted by Crippen LogP contribution is 2.67. The highest BCUT2D eigenvalue weighted by Gasteiger charge is 2.58. The molecular formula is C49H32. The molecular weight excluding hydrogens is 589 g/mol. The monoisotopic (exact) mass is 620 g/mol. The molecule has 3 aliphatic rings. The molecule has 0 N–H and O–H groups in total. The van der Waals surface area contributed by atoms with Gasteiger partial charge in [0, 0.05) is 0 Å². The highest BCUT2D eigenvalue weighted by molar-refractivity contribution is 5.95. The molecule has 0 aliphatic heterocycles. The van der Waals surface area contributed by atoms with Gasteiger partial charge >= 0.3 is 0 Å². The van der Waals surface area contributed by atoms with Crippen LogP contribution in [0.25, 0.3) is 44.2 Å². The first kappa shape index (κ1) is 27.0. The van der Waals surface area contributed by atoms with E-state index in [0.717, 1.165) is 0 Å². The van der Waals surface area contributed by atoms with Crippen molar-refractivity contribution >= 4 is 10.8 Å². The molecule has 0 saturated heterocycles. The predicted octanol–water partition coefficient (Wildman–Crippen LogP) is 11.9. The summed E-state index contributed by atoms with van der Waals surface area (Å²) in [6.07, 6.45) is 0.